The van der Waals surface area contributed by atoms with E-state index < -0.39 is 23.3 Å². The normalized spacial score (nSPS) is 31.6. The van der Waals surface area contributed by atoms with Crippen molar-refractivity contribution in [3.05, 3.63) is 0 Å². The first kappa shape index (κ1) is 12.0. The van der Waals surface area contributed by atoms with E-state index in [1.54, 1.807) is 6.92 Å². The Kier molecular flexibility index (Phi) is 2.91. The summed E-state index contributed by atoms with van der Waals surface area (Å²) in [7, 11) is 0. The van der Waals surface area contributed by atoms with Crippen molar-refractivity contribution in [1.29, 1.82) is 0 Å². The average Bonchev–Trinajstić information content (AvgIpc) is 2.35. The highest BCUT2D eigenvalue weighted by atomic mass is 16.2. The topological polar surface area (TPSA) is 92.5 Å². The summed E-state index contributed by atoms with van der Waals surface area (Å²) in [5.41, 5.74) is -1.19. The van der Waals surface area contributed by atoms with E-state index in [9.17, 15) is 14.4 Å². The van der Waals surface area contributed by atoms with E-state index in [1.807, 2.05) is 0 Å². The van der Waals surface area contributed by atoms with E-state index in [2.05, 4.69) is 5.32 Å². The number of nitrogens with zero attached hydrogens (tertiary/aromatic N) is 1. The second kappa shape index (κ2) is 4.10. The van der Waals surface area contributed by atoms with Gasteiger partial charge in [-0.1, -0.05) is 19.3 Å². The first-order valence-electron chi connectivity index (χ1n) is 5.92. The number of barbiturate groups is 1. The van der Waals surface area contributed by atoms with Crippen molar-refractivity contribution in [2.45, 2.75) is 39.0 Å². The Balaban J connectivity index is 2.29. The number of amides is 4. The van der Waals surface area contributed by atoms with Gasteiger partial charge in [0.15, 0.2) is 0 Å². The van der Waals surface area contributed by atoms with Crippen molar-refractivity contribution < 1.29 is 14.4 Å². The van der Waals surface area contributed by atoms with Gasteiger partial charge in [0.2, 0.25) is 5.91 Å². The van der Waals surface area contributed by atoms with Gasteiger partial charge >= 0.3 is 6.03 Å². The van der Waals surface area contributed by atoms with Gasteiger partial charge in [0, 0.05) is 0 Å². The van der Waals surface area contributed by atoms with Gasteiger partial charge < -0.3 is 0 Å². The number of nitrogens with one attached hydrogen (secondary N) is 1. The molecule has 1 saturated heterocycles. The number of nitrogens with two attached hydrogens (primary N) is 1. The number of imide groups is 2. The minimum Gasteiger partial charge on any atom is -0.276 e. The van der Waals surface area contributed by atoms with Crippen LogP contribution in [0.25, 0.3) is 0 Å². The van der Waals surface area contributed by atoms with E-state index >= 15 is 0 Å². The number of hydrogen-bond donors (Lipinski definition) is 2. The van der Waals surface area contributed by atoms with Gasteiger partial charge in [-0.2, -0.15) is 5.01 Å². The zero-order valence-corrected chi connectivity index (χ0v) is 9.86. The average molecular weight is 239 g/mol. The minimum atomic E-state index is -1.19. The maximum atomic E-state index is 12.1. The van der Waals surface area contributed by atoms with Gasteiger partial charge in [-0.15, -0.1) is 0 Å². The van der Waals surface area contributed by atoms with Gasteiger partial charge in [-0.25, -0.2) is 10.6 Å². The SMILES string of the molecule is C[C@]1(C2CCCCC2)C(=O)NC(=O)N(N)C1=O. The molecule has 0 aromatic rings. The Hall–Kier alpha value is -1.43. The molecule has 0 unspecified atom stereocenters. The lowest BCUT2D eigenvalue weighted by Gasteiger charge is -2.41. The predicted molar refractivity (Wildman–Crippen MR) is 59.3 cm³/mol. The van der Waals surface area contributed by atoms with Crippen LogP contribution in [0.2, 0.25) is 0 Å². The standard InChI is InChI=1S/C11H17N3O3/c1-11(7-5-3-2-4-6-7)8(15)13-10(17)14(12)9(11)16/h7H,2-6,12H2,1H3,(H,13,15,17)/t11-/m0/s1. The fourth-order valence-electron chi connectivity index (χ4n) is 2.77. The highest BCUT2D eigenvalue weighted by Gasteiger charge is 2.54. The second-order valence-corrected chi connectivity index (χ2v) is 4.97. The summed E-state index contributed by atoms with van der Waals surface area (Å²) < 4.78 is 0. The fourth-order valence-corrected chi connectivity index (χ4v) is 2.77. The number of carbonyl (C=O) groups excluding carboxylic acids is 3. The zero-order valence-electron chi connectivity index (χ0n) is 9.86. The molecule has 2 aliphatic rings. The third-order valence-electron chi connectivity index (χ3n) is 4.00. The minimum absolute atomic E-state index is 0.0251. The van der Waals surface area contributed by atoms with Crippen LogP contribution in [-0.4, -0.2) is 22.9 Å². The van der Waals surface area contributed by atoms with Gasteiger partial charge in [-0.3, -0.25) is 14.9 Å². The smallest absolute Gasteiger partial charge is 0.276 e. The Morgan fingerprint density at radius 3 is 2.41 bits per heavy atom. The number of hydrazine groups is 1. The molecule has 0 radical (unpaired) electrons. The van der Waals surface area contributed by atoms with Crippen LogP contribution < -0.4 is 11.2 Å². The summed E-state index contributed by atoms with van der Waals surface area (Å²) in [6.07, 6.45) is 4.82. The van der Waals surface area contributed by atoms with Crippen LogP contribution in [0.4, 0.5) is 4.79 Å². The van der Waals surface area contributed by atoms with Crippen LogP contribution in [0.5, 0.6) is 0 Å². The third kappa shape index (κ3) is 1.72. The van der Waals surface area contributed by atoms with E-state index in [1.165, 1.54) is 0 Å². The van der Waals surface area contributed by atoms with Gasteiger partial charge in [0.1, 0.15) is 5.41 Å². The molecule has 6 heteroatoms. The summed E-state index contributed by atoms with van der Waals surface area (Å²) >= 11 is 0. The van der Waals surface area contributed by atoms with Gasteiger partial charge in [0.05, 0.1) is 0 Å². The molecule has 6 nitrogen and oxygen atoms in total. The van der Waals surface area contributed by atoms with E-state index in [0.29, 0.717) is 5.01 Å². The predicted octanol–water partition coefficient (Wildman–Crippen LogP) is 0.525. The number of carbonyl (C=O) groups is 3. The summed E-state index contributed by atoms with van der Waals surface area (Å²) in [5, 5.41) is 2.67. The third-order valence-corrected chi connectivity index (χ3v) is 4.00. The quantitative estimate of drug-likeness (QED) is 0.396. The molecule has 4 amide bonds. The lowest BCUT2D eigenvalue weighted by Crippen LogP contribution is -2.67. The molecule has 0 spiro atoms. The van der Waals surface area contributed by atoms with Gasteiger partial charge in [-0.05, 0) is 25.7 Å². The maximum Gasteiger partial charge on any atom is 0.345 e. The largest absolute Gasteiger partial charge is 0.345 e. The van der Waals surface area contributed by atoms with E-state index in [0.717, 1.165) is 32.1 Å². The Bertz CT molecular complexity index is 376. The molecule has 94 valence electrons. The number of urea groups is 1. The Labute approximate surface area is 99.5 Å². The van der Waals surface area contributed by atoms with Crippen molar-refractivity contribution in [3.8, 4) is 0 Å². The lowest BCUT2D eigenvalue weighted by atomic mass is 9.68. The summed E-state index contributed by atoms with van der Waals surface area (Å²) in [4.78, 5) is 35.3. The second-order valence-electron chi connectivity index (χ2n) is 4.97. The molecule has 3 N–H and O–H groups in total. The molecule has 1 saturated carbocycles. The molecule has 1 atom stereocenters. The van der Waals surface area contributed by atoms with Gasteiger partial charge in [0.25, 0.3) is 5.91 Å². The molecule has 0 aromatic carbocycles. The monoisotopic (exact) mass is 239 g/mol. The molecule has 17 heavy (non-hydrogen) atoms. The van der Waals surface area contributed by atoms with Crippen LogP contribution in [0, 0.1) is 11.3 Å². The number of hydrogen-bond acceptors (Lipinski definition) is 4. The molecule has 2 fully saturated rings. The molecule has 0 bridgehead atoms. The van der Waals surface area contributed by atoms with E-state index in [4.69, 9.17) is 5.84 Å². The first-order valence-corrected chi connectivity index (χ1v) is 5.92. The highest BCUT2D eigenvalue weighted by Crippen LogP contribution is 2.41. The van der Waals surface area contributed by atoms with Crippen LogP contribution in [0.3, 0.4) is 0 Å². The van der Waals surface area contributed by atoms with Crippen molar-refractivity contribution in [2.24, 2.45) is 17.2 Å². The zero-order chi connectivity index (χ0) is 12.6. The molecule has 1 heterocycles. The highest BCUT2D eigenvalue weighted by molar-refractivity contribution is 6.18. The van der Waals surface area contributed by atoms with Crippen LogP contribution in [0.1, 0.15) is 39.0 Å². The molecular formula is C11H17N3O3. The first-order chi connectivity index (χ1) is 7.98. The molecule has 1 aliphatic carbocycles. The summed E-state index contributed by atoms with van der Waals surface area (Å²) in [6, 6.07) is -0.840. The van der Waals surface area contributed by atoms with Crippen LogP contribution >= 0.6 is 0 Å². The maximum absolute atomic E-state index is 12.1. The number of rotatable bonds is 1. The van der Waals surface area contributed by atoms with Crippen molar-refractivity contribution >= 4 is 17.8 Å². The molecule has 2 rings (SSSR count). The Morgan fingerprint density at radius 2 is 1.82 bits per heavy atom. The fraction of sp³-hybridized carbons (Fsp3) is 0.727. The molecular weight excluding hydrogens is 222 g/mol. The lowest BCUT2D eigenvalue weighted by molar-refractivity contribution is -0.155. The molecule has 0 aromatic heterocycles. The van der Waals surface area contributed by atoms with Crippen molar-refractivity contribution in [2.75, 3.05) is 0 Å². The van der Waals surface area contributed by atoms with E-state index in [-0.39, 0.29) is 5.92 Å². The summed E-state index contributed by atoms with van der Waals surface area (Å²) in [5.74, 6) is 4.26. The molecule has 1 aliphatic heterocycles. The van der Waals surface area contributed by atoms with Crippen molar-refractivity contribution in [3.63, 3.8) is 0 Å². The van der Waals surface area contributed by atoms with Crippen molar-refractivity contribution in [1.82, 2.24) is 10.3 Å². The Morgan fingerprint density at radius 1 is 1.24 bits per heavy atom. The van der Waals surface area contributed by atoms with Crippen LogP contribution in [-0.2, 0) is 9.59 Å². The van der Waals surface area contributed by atoms with Crippen LogP contribution in [0.15, 0.2) is 0 Å². The summed E-state index contributed by atoms with van der Waals surface area (Å²) in [6.45, 7) is 1.59.